The van der Waals surface area contributed by atoms with Crippen LogP contribution in [0.5, 0.6) is 0 Å². The monoisotopic (exact) mass is 286 g/mol. The van der Waals surface area contributed by atoms with Crippen molar-refractivity contribution in [3.8, 4) is 0 Å². The zero-order valence-corrected chi connectivity index (χ0v) is 12.4. The first-order valence-corrected chi connectivity index (χ1v) is 7.24. The molecule has 2 N–H and O–H groups in total. The fourth-order valence-electron chi connectivity index (χ4n) is 2.06. The highest BCUT2D eigenvalue weighted by Gasteiger charge is 2.01. The lowest BCUT2D eigenvalue weighted by molar-refractivity contribution is -0.121. The maximum atomic E-state index is 11.6. The highest BCUT2D eigenvalue weighted by molar-refractivity contribution is 5.75. The predicted molar refractivity (Wildman–Crippen MR) is 82.8 cm³/mol. The van der Waals surface area contributed by atoms with Gasteiger partial charge in [-0.3, -0.25) is 9.48 Å². The molecule has 0 aliphatic heterocycles. The van der Waals surface area contributed by atoms with Crippen LogP contribution in [0.4, 0.5) is 0 Å². The third-order valence-corrected chi connectivity index (χ3v) is 3.25. The van der Waals surface area contributed by atoms with Crippen LogP contribution in [-0.4, -0.2) is 29.3 Å². The van der Waals surface area contributed by atoms with Gasteiger partial charge in [0, 0.05) is 25.4 Å². The zero-order valence-electron chi connectivity index (χ0n) is 12.4. The van der Waals surface area contributed by atoms with Crippen molar-refractivity contribution >= 4 is 5.91 Å². The average Bonchev–Trinajstić information content (AvgIpc) is 3.00. The van der Waals surface area contributed by atoms with Gasteiger partial charge in [0.1, 0.15) is 0 Å². The van der Waals surface area contributed by atoms with Crippen LogP contribution in [0.2, 0.25) is 0 Å². The number of hydrogen-bond acceptors (Lipinski definition) is 3. The Morgan fingerprint density at radius 3 is 2.67 bits per heavy atom. The van der Waals surface area contributed by atoms with Crippen molar-refractivity contribution in [3.05, 3.63) is 53.9 Å². The molecule has 1 amide bonds. The molecule has 0 bridgehead atoms. The molecule has 5 nitrogen and oxygen atoms in total. The maximum absolute atomic E-state index is 11.6. The van der Waals surface area contributed by atoms with Crippen LogP contribution in [0.1, 0.15) is 24.0 Å². The van der Waals surface area contributed by atoms with Crippen LogP contribution >= 0.6 is 0 Å². The molecule has 0 atom stereocenters. The van der Waals surface area contributed by atoms with Crippen molar-refractivity contribution in [2.45, 2.75) is 25.9 Å². The predicted octanol–water partition coefficient (Wildman–Crippen LogP) is 1.55. The van der Waals surface area contributed by atoms with Crippen molar-refractivity contribution in [2.24, 2.45) is 0 Å². The molecule has 21 heavy (non-hydrogen) atoms. The van der Waals surface area contributed by atoms with E-state index in [-0.39, 0.29) is 5.91 Å². The van der Waals surface area contributed by atoms with E-state index in [0.717, 1.165) is 25.1 Å². The first-order chi connectivity index (χ1) is 10.3. The fourth-order valence-corrected chi connectivity index (χ4v) is 2.06. The van der Waals surface area contributed by atoms with Gasteiger partial charge in [0.15, 0.2) is 0 Å². The standard InChI is InChI=1S/C16H22N4O/c1-17-9-2-4-16(21)18-12-14-5-7-15(8-6-14)13-20-11-3-10-19-20/h3,5-8,10-11,17H,2,4,9,12-13H2,1H3,(H,18,21). The van der Waals surface area contributed by atoms with Crippen LogP contribution < -0.4 is 10.6 Å². The van der Waals surface area contributed by atoms with Gasteiger partial charge < -0.3 is 10.6 Å². The lowest BCUT2D eigenvalue weighted by Crippen LogP contribution is -2.23. The van der Waals surface area contributed by atoms with E-state index in [1.807, 2.05) is 36.1 Å². The van der Waals surface area contributed by atoms with E-state index in [9.17, 15) is 4.79 Å². The summed E-state index contributed by atoms with van der Waals surface area (Å²) in [6.45, 7) is 2.22. The summed E-state index contributed by atoms with van der Waals surface area (Å²) in [5.74, 6) is 0.103. The van der Waals surface area contributed by atoms with Crippen LogP contribution in [0.25, 0.3) is 0 Å². The highest BCUT2D eigenvalue weighted by Crippen LogP contribution is 2.06. The molecule has 0 aliphatic carbocycles. The summed E-state index contributed by atoms with van der Waals surface area (Å²) < 4.78 is 1.89. The first-order valence-electron chi connectivity index (χ1n) is 7.24. The number of carbonyl (C=O) groups excluding carboxylic acids is 1. The Hall–Kier alpha value is -2.14. The van der Waals surface area contributed by atoms with Gasteiger partial charge in [-0.2, -0.15) is 5.10 Å². The van der Waals surface area contributed by atoms with E-state index in [0.29, 0.717) is 13.0 Å². The number of rotatable bonds is 8. The minimum atomic E-state index is 0.103. The first kappa shape index (κ1) is 15.3. The second-order valence-electron chi connectivity index (χ2n) is 5.00. The Morgan fingerprint density at radius 2 is 2.00 bits per heavy atom. The third kappa shape index (κ3) is 5.39. The van der Waals surface area contributed by atoms with Crippen LogP contribution in [-0.2, 0) is 17.9 Å². The maximum Gasteiger partial charge on any atom is 0.220 e. The summed E-state index contributed by atoms with van der Waals surface area (Å²) in [4.78, 5) is 11.6. The Kier molecular flexibility index (Phi) is 5.97. The molecule has 112 valence electrons. The molecule has 0 spiro atoms. The number of benzene rings is 1. The normalized spacial score (nSPS) is 10.5. The summed E-state index contributed by atoms with van der Waals surface area (Å²) in [7, 11) is 1.89. The van der Waals surface area contributed by atoms with Crippen LogP contribution in [0, 0.1) is 0 Å². The molecule has 2 rings (SSSR count). The molecule has 1 heterocycles. The van der Waals surface area contributed by atoms with Crippen molar-refractivity contribution in [3.63, 3.8) is 0 Å². The number of carbonyl (C=O) groups is 1. The summed E-state index contributed by atoms with van der Waals surface area (Å²) >= 11 is 0. The quantitative estimate of drug-likeness (QED) is 0.724. The van der Waals surface area contributed by atoms with Crippen molar-refractivity contribution in [1.82, 2.24) is 20.4 Å². The van der Waals surface area contributed by atoms with E-state index in [1.54, 1.807) is 6.20 Å². The zero-order chi connectivity index (χ0) is 14.9. The topological polar surface area (TPSA) is 59.0 Å². The minimum absolute atomic E-state index is 0.103. The van der Waals surface area contributed by atoms with Gasteiger partial charge in [0.2, 0.25) is 5.91 Å². The molecule has 0 aliphatic rings. The Labute approximate surface area is 125 Å². The van der Waals surface area contributed by atoms with Gasteiger partial charge in [-0.25, -0.2) is 0 Å². The average molecular weight is 286 g/mol. The van der Waals surface area contributed by atoms with Gasteiger partial charge in [-0.15, -0.1) is 0 Å². The lowest BCUT2D eigenvalue weighted by atomic mass is 10.1. The molecule has 1 aromatic heterocycles. The molecule has 0 saturated carbocycles. The molecule has 0 unspecified atom stereocenters. The van der Waals surface area contributed by atoms with Crippen molar-refractivity contribution in [1.29, 1.82) is 0 Å². The molecule has 1 aromatic carbocycles. The Balaban J connectivity index is 1.75. The molecule has 0 fully saturated rings. The van der Waals surface area contributed by atoms with E-state index in [4.69, 9.17) is 0 Å². The number of aromatic nitrogens is 2. The van der Waals surface area contributed by atoms with E-state index >= 15 is 0 Å². The number of nitrogens with one attached hydrogen (secondary N) is 2. The number of nitrogens with zero attached hydrogens (tertiary/aromatic N) is 2. The van der Waals surface area contributed by atoms with Gasteiger partial charge in [0.25, 0.3) is 0 Å². The van der Waals surface area contributed by atoms with Gasteiger partial charge in [0.05, 0.1) is 6.54 Å². The van der Waals surface area contributed by atoms with Crippen molar-refractivity contribution in [2.75, 3.05) is 13.6 Å². The lowest BCUT2D eigenvalue weighted by Gasteiger charge is -2.07. The molecule has 2 aromatic rings. The molecular formula is C16H22N4O. The summed E-state index contributed by atoms with van der Waals surface area (Å²) in [5.41, 5.74) is 2.31. The molecule has 5 heteroatoms. The largest absolute Gasteiger partial charge is 0.352 e. The van der Waals surface area contributed by atoms with Crippen molar-refractivity contribution < 1.29 is 4.79 Å². The number of hydrogen-bond donors (Lipinski definition) is 2. The SMILES string of the molecule is CNCCCC(=O)NCc1ccc(Cn2cccn2)cc1. The smallest absolute Gasteiger partial charge is 0.220 e. The summed E-state index contributed by atoms with van der Waals surface area (Å²) in [6, 6.07) is 10.2. The van der Waals surface area contributed by atoms with Gasteiger partial charge in [-0.1, -0.05) is 24.3 Å². The van der Waals surface area contributed by atoms with Crippen LogP contribution in [0.15, 0.2) is 42.7 Å². The van der Waals surface area contributed by atoms with Gasteiger partial charge >= 0.3 is 0 Å². The Bertz CT molecular complexity index is 534. The number of amides is 1. The molecular weight excluding hydrogens is 264 g/mol. The van der Waals surface area contributed by atoms with E-state index in [2.05, 4.69) is 27.9 Å². The Morgan fingerprint density at radius 1 is 1.24 bits per heavy atom. The second-order valence-corrected chi connectivity index (χ2v) is 5.00. The highest BCUT2D eigenvalue weighted by atomic mass is 16.1. The second kappa shape index (κ2) is 8.21. The third-order valence-electron chi connectivity index (χ3n) is 3.25. The minimum Gasteiger partial charge on any atom is -0.352 e. The molecule has 0 saturated heterocycles. The molecule has 0 radical (unpaired) electrons. The fraction of sp³-hybridized carbons (Fsp3) is 0.375. The van der Waals surface area contributed by atoms with Crippen LogP contribution in [0.3, 0.4) is 0 Å². The summed E-state index contributed by atoms with van der Waals surface area (Å²) in [5, 5.41) is 10.2. The summed E-state index contributed by atoms with van der Waals surface area (Å²) in [6.07, 6.45) is 5.15. The van der Waals surface area contributed by atoms with E-state index in [1.165, 1.54) is 5.56 Å². The van der Waals surface area contributed by atoms with Gasteiger partial charge in [-0.05, 0) is 37.2 Å². The van der Waals surface area contributed by atoms with E-state index < -0.39 is 0 Å².